The highest BCUT2D eigenvalue weighted by molar-refractivity contribution is 6.02. The minimum absolute atomic E-state index is 0.154. The molecule has 0 radical (unpaired) electrons. The lowest BCUT2D eigenvalue weighted by Gasteiger charge is -2.21. The van der Waals surface area contributed by atoms with Gasteiger partial charge in [-0.25, -0.2) is 4.79 Å². The number of aliphatic hydroxyl groups is 1. The van der Waals surface area contributed by atoms with Crippen molar-refractivity contribution in [3.8, 4) is 0 Å². The van der Waals surface area contributed by atoms with Crippen LogP contribution >= 0.6 is 0 Å². The van der Waals surface area contributed by atoms with Crippen molar-refractivity contribution in [3.63, 3.8) is 0 Å². The van der Waals surface area contributed by atoms with Crippen LogP contribution in [0.25, 0.3) is 0 Å². The van der Waals surface area contributed by atoms with Crippen LogP contribution in [0.15, 0.2) is 0 Å². The number of aliphatic hydroxyl groups excluding tert-OH is 1. The van der Waals surface area contributed by atoms with Crippen molar-refractivity contribution >= 4 is 11.8 Å². The first-order valence-electron chi connectivity index (χ1n) is 5.55. The van der Waals surface area contributed by atoms with E-state index in [1.807, 2.05) is 0 Å². The van der Waals surface area contributed by atoms with E-state index in [9.17, 15) is 14.7 Å². The zero-order chi connectivity index (χ0) is 11.3. The van der Waals surface area contributed by atoms with Gasteiger partial charge in [0.1, 0.15) is 0 Å². The van der Waals surface area contributed by atoms with E-state index in [4.69, 9.17) is 0 Å². The van der Waals surface area contributed by atoms with Crippen molar-refractivity contribution in [2.75, 3.05) is 6.61 Å². The first kappa shape index (κ1) is 12.2. The SMILES string of the molecule is CCOC(=O)C(O)C(=O)C1CCCCC1. The average Bonchev–Trinajstić information content (AvgIpc) is 2.28. The molecule has 0 aromatic rings. The molecule has 1 N–H and O–H groups in total. The highest BCUT2D eigenvalue weighted by atomic mass is 16.5. The van der Waals surface area contributed by atoms with Crippen molar-refractivity contribution in [2.24, 2.45) is 5.92 Å². The molecule has 15 heavy (non-hydrogen) atoms. The van der Waals surface area contributed by atoms with Crippen molar-refractivity contribution in [2.45, 2.75) is 45.1 Å². The Bertz CT molecular complexity index is 231. The monoisotopic (exact) mass is 214 g/mol. The Morgan fingerprint density at radius 2 is 1.93 bits per heavy atom. The van der Waals surface area contributed by atoms with Crippen molar-refractivity contribution in [1.82, 2.24) is 0 Å². The van der Waals surface area contributed by atoms with E-state index in [2.05, 4.69) is 4.74 Å². The van der Waals surface area contributed by atoms with Crippen LogP contribution in [0.5, 0.6) is 0 Å². The van der Waals surface area contributed by atoms with Gasteiger partial charge in [0, 0.05) is 5.92 Å². The Hall–Kier alpha value is -0.900. The third kappa shape index (κ3) is 3.30. The number of rotatable bonds is 4. The van der Waals surface area contributed by atoms with Gasteiger partial charge in [-0.1, -0.05) is 19.3 Å². The van der Waals surface area contributed by atoms with Gasteiger partial charge in [0.05, 0.1) is 6.61 Å². The number of esters is 1. The molecule has 0 amide bonds. The number of ether oxygens (including phenoxy) is 1. The van der Waals surface area contributed by atoms with Gasteiger partial charge >= 0.3 is 5.97 Å². The predicted octanol–water partition coefficient (Wildman–Crippen LogP) is 1.06. The molecule has 0 saturated heterocycles. The number of Topliss-reactive ketones (excluding diaryl/α,β-unsaturated/α-hetero) is 1. The topological polar surface area (TPSA) is 63.6 Å². The number of hydrogen-bond donors (Lipinski definition) is 1. The molecule has 1 rings (SSSR count). The summed E-state index contributed by atoms with van der Waals surface area (Å²) in [4.78, 5) is 22.8. The van der Waals surface area contributed by atoms with Crippen LogP contribution < -0.4 is 0 Å². The summed E-state index contributed by atoms with van der Waals surface area (Å²) in [5.74, 6) is -1.33. The van der Waals surface area contributed by atoms with E-state index in [0.29, 0.717) is 0 Å². The normalized spacial score (nSPS) is 19.6. The van der Waals surface area contributed by atoms with Crippen LogP contribution in [0.4, 0.5) is 0 Å². The maximum Gasteiger partial charge on any atom is 0.342 e. The molecule has 1 saturated carbocycles. The third-order valence-corrected chi connectivity index (χ3v) is 2.79. The first-order chi connectivity index (χ1) is 7.16. The minimum atomic E-state index is -1.58. The van der Waals surface area contributed by atoms with E-state index in [1.54, 1.807) is 6.92 Å². The lowest BCUT2D eigenvalue weighted by molar-refractivity contribution is -0.158. The summed E-state index contributed by atoms with van der Waals surface area (Å²) in [6.07, 6.45) is 3.15. The van der Waals surface area contributed by atoms with Crippen LogP contribution in [0.2, 0.25) is 0 Å². The summed E-state index contributed by atoms with van der Waals surface area (Å²) in [6.45, 7) is 1.84. The van der Waals surface area contributed by atoms with Gasteiger partial charge in [-0.05, 0) is 19.8 Å². The average molecular weight is 214 g/mol. The molecule has 4 nitrogen and oxygen atoms in total. The quantitative estimate of drug-likeness (QED) is 0.561. The van der Waals surface area contributed by atoms with Crippen molar-refractivity contribution in [3.05, 3.63) is 0 Å². The molecule has 0 aliphatic heterocycles. The highest BCUT2D eigenvalue weighted by Crippen LogP contribution is 2.25. The van der Waals surface area contributed by atoms with E-state index in [0.717, 1.165) is 32.1 Å². The van der Waals surface area contributed by atoms with Gasteiger partial charge in [-0.3, -0.25) is 4.79 Å². The Morgan fingerprint density at radius 3 is 2.47 bits per heavy atom. The van der Waals surface area contributed by atoms with Crippen molar-refractivity contribution < 1.29 is 19.4 Å². The molecule has 4 heteroatoms. The Morgan fingerprint density at radius 1 is 1.33 bits per heavy atom. The number of hydrogen-bond acceptors (Lipinski definition) is 4. The minimum Gasteiger partial charge on any atom is -0.464 e. The molecule has 1 aliphatic carbocycles. The van der Waals surface area contributed by atoms with E-state index in [1.165, 1.54) is 0 Å². The summed E-state index contributed by atoms with van der Waals surface area (Å²) in [6, 6.07) is 0. The Labute approximate surface area is 89.6 Å². The standard InChI is InChI=1S/C11H18O4/c1-2-15-11(14)10(13)9(12)8-6-4-3-5-7-8/h8,10,13H,2-7H2,1H3. The molecule has 0 spiro atoms. The number of ketones is 1. The van der Waals surface area contributed by atoms with Gasteiger partial charge in [-0.15, -0.1) is 0 Å². The highest BCUT2D eigenvalue weighted by Gasteiger charge is 2.32. The fourth-order valence-corrected chi connectivity index (χ4v) is 1.95. The molecule has 86 valence electrons. The summed E-state index contributed by atoms with van der Waals surface area (Å²) in [5, 5.41) is 9.45. The Kier molecular flexibility index (Phi) is 4.75. The van der Waals surface area contributed by atoms with Gasteiger partial charge < -0.3 is 9.84 Å². The Balaban J connectivity index is 2.47. The van der Waals surface area contributed by atoms with Crippen LogP contribution in [-0.4, -0.2) is 29.6 Å². The zero-order valence-electron chi connectivity index (χ0n) is 9.07. The van der Waals surface area contributed by atoms with E-state index < -0.39 is 12.1 Å². The lowest BCUT2D eigenvalue weighted by Crippen LogP contribution is -2.37. The summed E-state index contributed by atoms with van der Waals surface area (Å²) < 4.78 is 4.61. The second kappa shape index (κ2) is 5.85. The molecule has 0 aromatic carbocycles. The molecular formula is C11H18O4. The second-order valence-corrected chi connectivity index (χ2v) is 3.89. The maximum absolute atomic E-state index is 11.7. The van der Waals surface area contributed by atoms with Crippen LogP contribution in [0.1, 0.15) is 39.0 Å². The maximum atomic E-state index is 11.7. The lowest BCUT2D eigenvalue weighted by atomic mass is 9.84. The molecule has 0 heterocycles. The smallest absolute Gasteiger partial charge is 0.342 e. The van der Waals surface area contributed by atoms with Crippen LogP contribution in [0.3, 0.4) is 0 Å². The first-order valence-corrected chi connectivity index (χ1v) is 5.55. The van der Waals surface area contributed by atoms with E-state index in [-0.39, 0.29) is 18.3 Å². The summed E-state index contributed by atoms with van der Waals surface area (Å²) >= 11 is 0. The van der Waals surface area contributed by atoms with Gasteiger partial charge in [-0.2, -0.15) is 0 Å². The number of carbonyl (C=O) groups is 2. The van der Waals surface area contributed by atoms with E-state index >= 15 is 0 Å². The molecule has 0 bridgehead atoms. The van der Waals surface area contributed by atoms with Gasteiger partial charge in [0.2, 0.25) is 6.10 Å². The van der Waals surface area contributed by atoms with Gasteiger partial charge in [0.15, 0.2) is 5.78 Å². The summed E-state index contributed by atoms with van der Waals surface area (Å²) in [7, 11) is 0. The molecule has 1 fully saturated rings. The molecule has 1 aliphatic rings. The molecule has 1 unspecified atom stereocenters. The summed E-state index contributed by atoms with van der Waals surface area (Å²) in [5.41, 5.74) is 0. The van der Waals surface area contributed by atoms with Crippen LogP contribution in [-0.2, 0) is 14.3 Å². The van der Waals surface area contributed by atoms with Gasteiger partial charge in [0.25, 0.3) is 0 Å². The zero-order valence-corrected chi connectivity index (χ0v) is 9.07. The number of carbonyl (C=O) groups excluding carboxylic acids is 2. The predicted molar refractivity (Wildman–Crippen MR) is 54.2 cm³/mol. The second-order valence-electron chi connectivity index (χ2n) is 3.89. The van der Waals surface area contributed by atoms with Crippen LogP contribution in [0, 0.1) is 5.92 Å². The molecule has 0 aromatic heterocycles. The fraction of sp³-hybridized carbons (Fsp3) is 0.818. The molecule has 1 atom stereocenters. The fourth-order valence-electron chi connectivity index (χ4n) is 1.95. The van der Waals surface area contributed by atoms with Crippen molar-refractivity contribution in [1.29, 1.82) is 0 Å². The molecular weight excluding hydrogens is 196 g/mol. The largest absolute Gasteiger partial charge is 0.464 e. The third-order valence-electron chi connectivity index (χ3n) is 2.79.